The van der Waals surface area contributed by atoms with Crippen molar-refractivity contribution in [2.75, 3.05) is 14.1 Å². The zero-order valence-corrected chi connectivity index (χ0v) is 13.9. The average molecular weight is 389 g/mol. The predicted octanol–water partition coefficient (Wildman–Crippen LogP) is 2.25. The highest BCUT2D eigenvalue weighted by Gasteiger charge is 2.25. The molecule has 3 aromatic rings. The number of fused-ring (bicyclic) bond motifs is 1. The normalized spacial score (nSPS) is 12.4. The molecule has 0 aliphatic heterocycles. The first-order valence-electron chi connectivity index (χ1n) is 6.01. The third kappa shape index (κ3) is 2.23. The third-order valence-electron chi connectivity index (χ3n) is 3.06. The van der Waals surface area contributed by atoms with E-state index < -0.39 is 16.0 Å². The largest absolute Gasteiger partial charge is 0.442 e. The molecule has 0 spiro atoms. The third-order valence-corrected chi connectivity index (χ3v) is 5.32. The molecule has 116 valence electrons. The van der Waals surface area contributed by atoms with Crippen molar-refractivity contribution in [2.24, 2.45) is 0 Å². The molecular weight excluding hydrogens is 379 g/mol. The van der Waals surface area contributed by atoms with E-state index in [1.807, 2.05) is 0 Å². The smallest absolute Gasteiger partial charge is 0.308 e. The van der Waals surface area contributed by atoms with Gasteiger partial charge in [-0.05, 0) is 22.0 Å². The number of oxazole rings is 1. The number of hydrogen-bond acceptors (Lipinski definition) is 5. The first-order valence-corrected chi connectivity index (χ1v) is 8.20. The lowest BCUT2D eigenvalue weighted by Crippen LogP contribution is -2.28. The minimum atomic E-state index is -3.81. The maximum atomic E-state index is 13.5. The summed E-state index contributed by atoms with van der Waals surface area (Å²) in [5.41, 5.74) is 0.477. The van der Waals surface area contributed by atoms with Gasteiger partial charge in [0.15, 0.2) is 22.4 Å². The Balaban J connectivity index is 2.40. The predicted molar refractivity (Wildman–Crippen MR) is 80.9 cm³/mol. The minimum absolute atomic E-state index is 0.105. The summed E-state index contributed by atoms with van der Waals surface area (Å²) < 4.78 is 46.0. The van der Waals surface area contributed by atoms with Crippen LogP contribution in [0.1, 0.15) is 0 Å². The zero-order valence-electron chi connectivity index (χ0n) is 11.5. The van der Waals surface area contributed by atoms with Crippen LogP contribution >= 0.6 is 15.9 Å². The molecule has 0 aliphatic carbocycles. The molecule has 0 amide bonds. The number of pyridine rings is 1. The van der Waals surface area contributed by atoms with Crippen molar-refractivity contribution < 1.29 is 17.2 Å². The highest BCUT2D eigenvalue weighted by molar-refractivity contribution is 9.10. The molecule has 0 radical (unpaired) electrons. The standard InChI is InChI=1S/C12H10BrFN4O3S/c1-17(2)22(19,20)18-5-9(10-11(13)16-6-21-10)8-3-7(14)4-15-12(8)18/h3-6H,1-2H3. The fraction of sp³-hybridized carbons (Fsp3) is 0.167. The van der Waals surface area contributed by atoms with E-state index in [2.05, 4.69) is 25.9 Å². The molecule has 0 saturated heterocycles. The molecule has 10 heteroatoms. The molecule has 0 aliphatic rings. The van der Waals surface area contributed by atoms with Crippen molar-refractivity contribution in [3.8, 4) is 11.3 Å². The van der Waals surface area contributed by atoms with E-state index in [9.17, 15) is 12.8 Å². The second kappa shape index (κ2) is 5.14. The summed E-state index contributed by atoms with van der Waals surface area (Å²) in [6, 6.07) is 1.20. The Morgan fingerprint density at radius 2 is 2.09 bits per heavy atom. The van der Waals surface area contributed by atoms with Crippen LogP contribution in [-0.2, 0) is 10.2 Å². The van der Waals surface area contributed by atoms with E-state index in [-0.39, 0.29) is 5.65 Å². The van der Waals surface area contributed by atoms with Crippen molar-refractivity contribution in [2.45, 2.75) is 0 Å². The maximum absolute atomic E-state index is 13.5. The Hall–Kier alpha value is -1.78. The number of hydrogen-bond donors (Lipinski definition) is 0. The summed E-state index contributed by atoms with van der Waals surface area (Å²) in [4.78, 5) is 7.79. The number of aromatic nitrogens is 3. The van der Waals surface area contributed by atoms with Gasteiger partial charge < -0.3 is 4.42 Å². The Morgan fingerprint density at radius 3 is 2.68 bits per heavy atom. The summed E-state index contributed by atoms with van der Waals surface area (Å²) in [7, 11) is -1.02. The van der Waals surface area contributed by atoms with E-state index in [0.717, 1.165) is 14.5 Å². The summed E-state index contributed by atoms with van der Waals surface area (Å²) in [5.74, 6) is -0.283. The average Bonchev–Trinajstić information content (AvgIpc) is 3.01. The molecule has 0 saturated carbocycles. The van der Waals surface area contributed by atoms with Crippen LogP contribution in [0.2, 0.25) is 0 Å². The number of nitrogens with zero attached hydrogens (tertiary/aromatic N) is 4. The van der Waals surface area contributed by atoms with Crippen molar-refractivity contribution in [3.63, 3.8) is 0 Å². The van der Waals surface area contributed by atoms with Crippen molar-refractivity contribution in [1.82, 2.24) is 18.2 Å². The van der Waals surface area contributed by atoms with Gasteiger partial charge in [-0.3, -0.25) is 0 Å². The summed E-state index contributed by atoms with van der Waals surface area (Å²) in [6.45, 7) is 0. The van der Waals surface area contributed by atoms with E-state index in [1.165, 1.54) is 32.8 Å². The zero-order chi connectivity index (χ0) is 16.1. The highest BCUT2D eigenvalue weighted by atomic mass is 79.9. The Kier molecular flexibility index (Phi) is 3.54. The lowest BCUT2D eigenvalue weighted by molar-refractivity contribution is 0.512. The van der Waals surface area contributed by atoms with E-state index in [0.29, 0.717) is 21.3 Å². The highest BCUT2D eigenvalue weighted by Crippen LogP contribution is 2.35. The minimum Gasteiger partial charge on any atom is -0.442 e. The fourth-order valence-corrected chi connectivity index (χ4v) is 3.34. The topological polar surface area (TPSA) is 81.2 Å². The number of rotatable bonds is 3. The fourth-order valence-electron chi connectivity index (χ4n) is 1.99. The Morgan fingerprint density at radius 1 is 1.36 bits per heavy atom. The van der Waals surface area contributed by atoms with E-state index >= 15 is 0 Å². The van der Waals surface area contributed by atoms with E-state index in [1.54, 1.807) is 0 Å². The van der Waals surface area contributed by atoms with Crippen molar-refractivity contribution in [1.29, 1.82) is 0 Å². The molecule has 22 heavy (non-hydrogen) atoms. The summed E-state index contributed by atoms with van der Waals surface area (Å²) in [6.07, 6.45) is 3.50. The molecule has 0 N–H and O–H groups in total. The van der Waals surface area contributed by atoms with Crippen LogP contribution in [0.15, 0.2) is 33.9 Å². The van der Waals surface area contributed by atoms with Crippen molar-refractivity contribution >= 4 is 37.2 Å². The van der Waals surface area contributed by atoms with Crippen LogP contribution in [0.3, 0.4) is 0 Å². The first-order chi connectivity index (χ1) is 10.3. The van der Waals surface area contributed by atoms with Crippen LogP contribution in [-0.4, -0.2) is 40.8 Å². The maximum Gasteiger partial charge on any atom is 0.308 e. The summed E-state index contributed by atoms with van der Waals surface area (Å²) in [5, 5.41) is 0.308. The first kappa shape index (κ1) is 15.1. The molecule has 0 bridgehead atoms. The van der Waals surface area contributed by atoms with Gasteiger partial charge in [-0.15, -0.1) is 0 Å². The monoisotopic (exact) mass is 388 g/mol. The van der Waals surface area contributed by atoms with Gasteiger partial charge in [-0.2, -0.15) is 12.7 Å². The van der Waals surface area contributed by atoms with Crippen LogP contribution in [0.4, 0.5) is 4.39 Å². The Bertz CT molecular complexity index is 964. The molecule has 0 aromatic carbocycles. The van der Waals surface area contributed by atoms with Gasteiger partial charge in [-0.25, -0.2) is 18.3 Å². The van der Waals surface area contributed by atoms with Gasteiger partial charge in [-0.1, -0.05) is 0 Å². The molecule has 3 rings (SSSR count). The van der Waals surface area contributed by atoms with Gasteiger partial charge in [0.1, 0.15) is 5.82 Å². The van der Waals surface area contributed by atoms with Gasteiger partial charge in [0, 0.05) is 31.2 Å². The molecule has 0 unspecified atom stereocenters. The van der Waals surface area contributed by atoms with Gasteiger partial charge in [0.2, 0.25) is 0 Å². The molecule has 3 heterocycles. The lowest BCUT2D eigenvalue weighted by Gasteiger charge is -2.12. The van der Waals surface area contributed by atoms with Crippen LogP contribution in [0, 0.1) is 5.82 Å². The van der Waals surface area contributed by atoms with E-state index in [4.69, 9.17) is 4.42 Å². The number of halogens is 2. The molecule has 3 aromatic heterocycles. The molecular formula is C12H10BrFN4O3S. The second-order valence-corrected chi connectivity index (χ2v) is 7.40. The van der Waals surface area contributed by atoms with Crippen LogP contribution in [0.25, 0.3) is 22.4 Å². The SMILES string of the molecule is CN(C)S(=O)(=O)n1cc(-c2ocnc2Br)c2cc(F)cnc21. The van der Waals surface area contributed by atoms with Gasteiger partial charge in [0.05, 0.1) is 6.20 Å². The van der Waals surface area contributed by atoms with Crippen molar-refractivity contribution in [3.05, 3.63) is 35.3 Å². The Labute approximate surface area is 133 Å². The van der Waals surface area contributed by atoms with Crippen LogP contribution < -0.4 is 0 Å². The van der Waals surface area contributed by atoms with Crippen LogP contribution in [0.5, 0.6) is 0 Å². The second-order valence-electron chi connectivity index (χ2n) is 4.63. The molecule has 0 fully saturated rings. The van der Waals surface area contributed by atoms with Gasteiger partial charge in [0.25, 0.3) is 0 Å². The summed E-state index contributed by atoms with van der Waals surface area (Å²) >= 11 is 3.21. The van der Waals surface area contributed by atoms with Gasteiger partial charge >= 0.3 is 10.2 Å². The molecule has 7 nitrogen and oxygen atoms in total. The lowest BCUT2D eigenvalue weighted by atomic mass is 10.2. The quantitative estimate of drug-likeness (QED) is 0.687. The molecule has 0 atom stereocenters.